The maximum absolute atomic E-state index is 8.80. The van der Waals surface area contributed by atoms with Crippen LogP contribution >= 0.6 is 11.3 Å². The second-order valence-electron chi connectivity index (χ2n) is 4.96. The number of aliphatic hydroxyl groups excluding tert-OH is 1. The van der Waals surface area contributed by atoms with E-state index in [1.165, 1.54) is 12.1 Å². The molecule has 0 saturated carbocycles. The zero-order valence-corrected chi connectivity index (χ0v) is 11.2. The van der Waals surface area contributed by atoms with Crippen LogP contribution in [0.3, 0.4) is 0 Å². The van der Waals surface area contributed by atoms with Gasteiger partial charge in [0.2, 0.25) is 0 Å². The first-order valence-corrected chi connectivity index (χ1v) is 7.35. The van der Waals surface area contributed by atoms with Crippen LogP contribution in [0.2, 0.25) is 0 Å². The van der Waals surface area contributed by atoms with Gasteiger partial charge in [0.25, 0.3) is 0 Å². The minimum atomic E-state index is 0.281. The molecule has 1 aromatic rings. The van der Waals surface area contributed by atoms with E-state index in [2.05, 4.69) is 34.0 Å². The molecule has 1 aliphatic heterocycles. The van der Waals surface area contributed by atoms with Gasteiger partial charge in [-0.1, -0.05) is 6.92 Å². The molecular weight excluding hydrogens is 232 g/mol. The normalized spacial score (nSPS) is 25.2. The number of rotatable bonds is 5. The molecule has 96 valence electrons. The summed E-state index contributed by atoms with van der Waals surface area (Å²) in [5, 5.41) is 16.7. The summed E-state index contributed by atoms with van der Waals surface area (Å²) < 4.78 is 0. The first-order chi connectivity index (χ1) is 8.29. The quantitative estimate of drug-likeness (QED) is 0.788. The van der Waals surface area contributed by atoms with Crippen LogP contribution in [0, 0.1) is 5.92 Å². The summed E-state index contributed by atoms with van der Waals surface area (Å²) in [4.78, 5) is 2.47. The van der Waals surface area contributed by atoms with Gasteiger partial charge in [0.1, 0.15) is 0 Å². The van der Waals surface area contributed by atoms with E-state index in [9.17, 15) is 0 Å². The molecular formula is C13H22N2OS. The van der Waals surface area contributed by atoms with Gasteiger partial charge in [-0.3, -0.25) is 0 Å². The predicted molar refractivity (Wildman–Crippen MR) is 73.8 cm³/mol. The van der Waals surface area contributed by atoms with Gasteiger partial charge < -0.3 is 15.3 Å². The van der Waals surface area contributed by atoms with E-state index in [0.717, 1.165) is 32.0 Å². The minimum Gasteiger partial charge on any atom is -0.396 e. The molecule has 1 aliphatic rings. The standard InChI is InChI=1S/C13H22N2OS/c1-11-7-12(14-4-2-5-16)9-15(8-11)13-3-6-17-10-13/h3,6,10-12,14,16H,2,4-5,7-9H2,1H3. The molecule has 1 aromatic heterocycles. The average molecular weight is 254 g/mol. The Labute approximate surface area is 107 Å². The molecule has 1 fully saturated rings. The van der Waals surface area contributed by atoms with Gasteiger partial charge in [-0.15, -0.1) is 0 Å². The Morgan fingerprint density at radius 1 is 1.53 bits per heavy atom. The molecule has 0 spiro atoms. The van der Waals surface area contributed by atoms with Crippen LogP contribution in [0.5, 0.6) is 0 Å². The van der Waals surface area contributed by atoms with Crippen molar-refractivity contribution in [3.63, 3.8) is 0 Å². The molecule has 2 atom stereocenters. The molecule has 2 unspecified atom stereocenters. The summed E-state index contributed by atoms with van der Waals surface area (Å²) in [5.41, 5.74) is 1.36. The Hall–Kier alpha value is -0.580. The van der Waals surface area contributed by atoms with Crippen LogP contribution in [0.4, 0.5) is 5.69 Å². The van der Waals surface area contributed by atoms with E-state index in [4.69, 9.17) is 5.11 Å². The van der Waals surface area contributed by atoms with E-state index in [0.29, 0.717) is 6.04 Å². The lowest BCUT2D eigenvalue weighted by molar-refractivity contribution is 0.276. The average Bonchev–Trinajstić information content (AvgIpc) is 2.82. The summed E-state index contributed by atoms with van der Waals surface area (Å²) >= 11 is 1.76. The Kier molecular flexibility index (Phi) is 4.83. The van der Waals surface area contributed by atoms with Crippen LogP contribution in [0.25, 0.3) is 0 Å². The number of nitrogens with one attached hydrogen (secondary N) is 1. The van der Waals surface area contributed by atoms with Crippen molar-refractivity contribution in [1.29, 1.82) is 0 Å². The Bertz CT molecular complexity index is 315. The monoisotopic (exact) mass is 254 g/mol. The number of anilines is 1. The fourth-order valence-corrected chi connectivity index (χ4v) is 3.20. The highest BCUT2D eigenvalue weighted by molar-refractivity contribution is 7.08. The van der Waals surface area contributed by atoms with E-state index in [-0.39, 0.29) is 6.61 Å². The van der Waals surface area contributed by atoms with Gasteiger partial charge in [-0.25, -0.2) is 0 Å². The number of thiophene rings is 1. The fourth-order valence-electron chi connectivity index (χ4n) is 2.53. The Morgan fingerprint density at radius 3 is 3.12 bits per heavy atom. The highest BCUT2D eigenvalue weighted by Crippen LogP contribution is 2.24. The maximum atomic E-state index is 8.80. The predicted octanol–water partition coefficient (Wildman–Crippen LogP) is 1.93. The van der Waals surface area contributed by atoms with Crippen molar-refractivity contribution < 1.29 is 5.11 Å². The van der Waals surface area contributed by atoms with Crippen molar-refractivity contribution in [3.05, 3.63) is 16.8 Å². The summed E-state index contributed by atoms with van der Waals surface area (Å²) in [6.07, 6.45) is 2.09. The second-order valence-corrected chi connectivity index (χ2v) is 5.74. The Balaban J connectivity index is 1.88. The maximum Gasteiger partial charge on any atom is 0.0475 e. The molecule has 0 radical (unpaired) electrons. The highest BCUT2D eigenvalue weighted by Gasteiger charge is 2.24. The number of hydrogen-bond donors (Lipinski definition) is 2. The lowest BCUT2D eigenvalue weighted by Crippen LogP contribution is -2.49. The number of aliphatic hydroxyl groups is 1. The van der Waals surface area contributed by atoms with E-state index in [1.54, 1.807) is 11.3 Å². The SMILES string of the molecule is CC1CC(NCCCO)CN(c2ccsc2)C1. The van der Waals surface area contributed by atoms with Crippen molar-refractivity contribution in [1.82, 2.24) is 5.32 Å². The van der Waals surface area contributed by atoms with Gasteiger partial charge in [-0.2, -0.15) is 11.3 Å². The zero-order chi connectivity index (χ0) is 12.1. The molecule has 17 heavy (non-hydrogen) atoms. The van der Waals surface area contributed by atoms with Crippen LogP contribution in [-0.2, 0) is 0 Å². The molecule has 2 rings (SSSR count). The van der Waals surface area contributed by atoms with Crippen molar-refractivity contribution >= 4 is 17.0 Å². The van der Waals surface area contributed by atoms with E-state index >= 15 is 0 Å². The zero-order valence-electron chi connectivity index (χ0n) is 10.4. The van der Waals surface area contributed by atoms with Crippen LogP contribution in [0.15, 0.2) is 16.8 Å². The van der Waals surface area contributed by atoms with Gasteiger partial charge in [0, 0.05) is 36.8 Å². The van der Waals surface area contributed by atoms with E-state index in [1.807, 2.05) is 0 Å². The fraction of sp³-hybridized carbons (Fsp3) is 0.692. The van der Waals surface area contributed by atoms with Crippen molar-refractivity contribution in [3.8, 4) is 0 Å². The molecule has 0 amide bonds. The van der Waals surface area contributed by atoms with Crippen molar-refractivity contribution in [2.24, 2.45) is 5.92 Å². The molecule has 0 aliphatic carbocycles. The van der Waals surface area contributed by atoms with Gasteiger partial charge >= 0.3 is 0 Å². The smallest absolute Gasteiger partial charge is 0.0475 e. The van der Waals surface area contributed by atoms with Gasteiger partial charge in [0.15, 0.2) is 0 Å². The molecule has 1 saturated heterocycles. The molecule has 0 aromatic carbocycles. The lowest BCUT2D eigenvalue weighted by atomic mass is 9.95. The third kappa shape index (κ3) is 3.69. The summed E-state index contributed by atoms with van der Waals surface area (Å²) in [6.45, 7) is 5.77. The third-order valence-corrected chi connectivity index (χ3v) is 3.97. The molecule has 3 nitrogen and oxygen atoms in total. The second kappa shape index (κ2) is 6.38. The van der Waals surface area contributed by atoms with Crippen LogP contribution in [-0.4, -0.2) is 37.4 Å². The van der Waals surface area contributed by atoms with Crippen LogP contribution in [0.1, 0.15) is 19.8 Å². The number of hydrogen-bond acceptors (Lipinski definition) is 4. The highest BCUT2D eigenvalue weighted by atomic mass is 32.1. The summed E-state index contributed by atoms with van der Waals surface area (Å²) in [5.74, 6) is 0.732. The lowest BCUT2D eigenvalue weighted by Gasteiger charge is -2.38. The molecule has 4 heteroatoms. The van der Waals surface area contributed by atoms with Gasteiger partial charge in [-0.05, 0) is 36.8 Å². The first-order valence-electron chi connectivity index (χ1n) is 6.41. The minimum absolute atomic E-state index is 0.281. The van der Waals surface area contributed by atoms with Gasteiger partial charge in [0.05, 0.1) is 0 Å². The first kappa shape index (κ1) is 12.9. The van der Waals surface area contributed by atoms with Crippen molar-refractivity contribution in [2.45, 2.75) is 25.8 Å². The summed E-state index contributed by atoms with van der Waals surface area (Å²) in [6, 6.07) is 2.76. The Morgan fingerprint density at radius 2 is 2.41 bits per heavy atom. The summed E-state index contributed by atoms with van der Waals surface area (Å²) in [7, 11) is 0. The third-order valence-electron chi connectivity index (χ3n) is 3.30. The van der Waals surface area contributed by atoms with Crippen molar-refractivity contribution in [2.75, 3.05) is 31.1 Å². The number of piperidine rings is 1. The largest absolute Gasteiger partial charge is 0.396 e. The van der Waals surface area contributed by atoms with E-state index < -0.39 is 0 Å². The molecule has 0 bridgehead atoms. The number of nitrogens with zero attached hydrogens (tertiary/aromatic N) is 1. The molecule has 2 heterocycles. The van der Waals surface area contributed by atoms with Crippen LogP contribution < -0.4 is 10.2 Å². The molecule has 2 N–H and O–H groups in total. The topological polar surface area (TPSA) is 35.5 Å².